The zero-order valence-electron chi connectivity index (χ0n) is 13.1. The van der Waals surface area contributed by atoms with E-state index in [1.807, 2.05) is 45.9 Å². The second-order valence-electron chi connectivity index (χ2n) is 5.10. The van der Waals surface area contributed by atoms with Crippen LogP contribution in [0.3, 0.4) is 0 Å². The van der Waals surface area contributed by atoms with Crippen LogP contribution in [0, 0.1) is 6.92 Å². The van der Waals surface area contributed by atoms with Crippen molar-refractivity contribution in [3.8, 4) is 5.75 Å². The molecule has 2 atom stereocenters. The van der Waals surface area contributed by atoms with Crippen molar-refractivity contribution in [1.82, 2.24) is 4.90 Å². The Balaban J connectivity index is 2.92. The molecular weight excluding hydrogens is 252 g/mol. The molecule has 0 spiro atoms. The van der Waals surface area contributed by atoms with Gasteiger partial charge in [0.15, 0.2) is 6.10 Å². The molecule has 0 aliphatic rings. The molecule has 0 aliphatic carbocycles. The van der Waals surface area contributed by atoms with E-state index in [9.17, 15) is 4.79 Å². The number of likely N-dealkylation sites (N-methyl/N-ethyl adjacent to an activating group) is 1. The number of rotatable bonds is 6. The number of ether oxygens (including phenoxy) is 1. The van der Waals surface area contributed by atoms with Crippen molar-refractivity contribution in [2.45, 2.75) is 46.8 Å². The molecule has 1 unspecified atom stereocenters. The predicted molar refractivity (Wildman–Crippen MR) is 81.8 cm³/mol. The van der Waals surface area contributed by atoms with E-state index < -0.39 is 6.10 Å². The lowest BCUT2D eigenvalue weighted by Gasteiger charge is -2.25. The van der Waals surface area contributed by atoms with Crippen molar-refractivity contribution < 1.29 is 9.53 Å². The van der Waals surface area contributed by atoms with Crippen molar-refractivity contribution in [3.63, 3.8) is 0 Å². The number of nitrogens with zero attached hydrogens (tertiary/aromatic N) is 1. The molecule has 4 heteroatoms. The molecule has 1 aromatic carbocycles. The highest BCUT2D eigenvalue weighted by Gasteiger charge is 2.21. The van der Waals surface area contributed by atoms with Crippen molar-refractivity contribution in [2.24, 2.45) is 5.73 Å². The molecule has 1 rings (SSSR count). The largest absolute Gasteiger partial charge is 0.481 e. The van der Waals surface area contributed by atoms with E-state index in [0.717, 1.165) is 11.1 Å². The molecule has 0 aliphatic heterocycles. The first-order valence-corrected chi connectivity index (χ1v) is 7.22. The molecule has 1 amide bonds. The monoisotopic (exact) mass is 278 g/mol. The van der Waals surface area contributed by atoms with E-state index in [-0.39, 0.29) is 11.9 Å². The highest BCUT2D eigenvalue weighted by Crippen LogP contribution is 2.26. The van der Waals surface area contributed by atoms with Crippen LogP contribution >= 0.6 is 0 Å². The third-order valence-corrected chi connectivity index (χ3v) is 3.39. The fraction of sp³-hybridized carbons (Fsp3) is 0.562. The summed E-state index contributed by atoms with van der Waals surface area (Å²) < 4.78 is 5.86. The first kappa shape index (κ1) is 16.5. The van der Waals surface area contributed by atoms with Crippen LogP contribution in [0.25, 0.3) is 0 Å². The maximum absolute atomic E-state index is 12.2. The molecule has 20 heavy (non-hydrogen) atoms. The number of amides is 1. The first-order chi connectivity index (χ1) is 9.40. The van der Waals surface area contributed by atoms with Gasteiger partial charge in [-0.1, -0.05) is 12.1 Å². The number of hydrogen-bond acceptors (Lipinski definition) is 3. The zero-order chi connectivity index (χ0) is 15.3. The minimum absolute atomic E-state index is 0.00660. The normalized spacial score (nSPS) is 13.7. The SMILES string of the molecule is CCN(CC)C(=O)C(C)Oc1cc(C)ccc1[C@H](C)N. The molecule has 112 valence electrons. The predicted octanol–water partition coefficient (Wildman–Crippen LogP) is 2.65. The fourth-order valence-electron chi connectivity index (χ4n) is 2.15. The van der Waals surface area contributed by atoms with E-state index in [2.05, 4.69) is 0 Å². The highest BCUT2D eigenvalue weighted by atomic mass is 16.5. The Hall–Kier alpha value is -1.55. The van der Waals surface area contributed by atoms with Crippen molar-refractivity contribution >= 4 is 5.91 Å². The molecule has 0 saturated heterocycles. The Morgan fingerprint density at radius 2 is 1.90 bits per heavy atom. The van der Waals surface area contributed by atoms with Crippen LogP contribution in [0.4, 0.5) is 0 Å². The van der Waals surface area contributed by atoms with Gasteiger partial charge >= 0.3 is 0 Å². The fourth-order valence-corrected chi connectivity index (χ4v) is 2.15. The Morgan fingerprint density at radius 3 is 2.40 bits per heavy atom. The summed E-state index contributed by atoms with van der Waals surface area (Å²) in [5.74, 6) is 0.708. The standard InChI is InChI=1S/C16H26N2O2/c1-6-18(7-2)16(19)13(5)20-15-10-11(3)8-9-14(15)12(4)17/h8-10,12-13H,6-7,17H2,1-5H3/t12-,13?/m0/s1. The van der Waals surface area contributed by atoms with Crippen LogP contribution in [0.5, 0.6) is 5.75 Å². The van der Waals surface area contributed by atoms with Crippen molar-refractivity contribution in [1.29, 1.82) is 0 Å². The van der Waals surface area contributed by atoms with Crippen LogP contribution in [0.15, 0.2) is 18.2 Å². The van der Waals surface area contributed by atoms with Gasteiger partial charge in [-0.2, -0.15) is 0 Å². The zero-order valence-corrected chi connectivity index (χ0v) is 13.1. The first-order valence-electron chi connectivity index (χ1n) is 7.22. The topological polar surface area (TPSA) is 55.6 Å². The van der Waals surface area contributed by atoms with Crippen molar-refractivity contribution in [2.75, 3.05) is 13.1 Å². The third-order valence-electron chi connectivity index (χ3n) is 3.39. The quantitative estimate of drug-likeness (QED) is 0.870. The van der Waals surface area contributed by atoms with Gasteiger partial charge in [0.05, 0.1) is 0 Å². The Labute approximate surface area is 121 Å². The van der Waals surface area contributed by atoms with Crippen LogP contribution in [0.2, 0.25) is 0 Å². The Morgan fingerprint density at radius 1 is 1.30 bits per heavy atom. The third kappa shape index (κ3) is 3.97. The summed E-state index contributed by atoms with van der Waals surface area (Å²) in [4.78, 5) is 14.0. The molecule has 1 aromatic rings. The maximum Gasteiger partial charge on any atom is 0.263 e. The molecule has 0 heterocycles. The van der Waals surface area contributed by atoms with E-state index >= 15 is 0 Å². The molecular formula is C16H26N2O2. The van der Waals surface area contributed by atoms with E-state index in [4.69, 9.17) is 10.5 Å². The smallest absolute Gasteiger partial charge is 0.263 e. The van der Waals surface area contributed by atoms with Crippen LogP contribution in [-0.2, 0) is 4.79 Å². The molecule has 4 nitrogen and oxygen atoms in total. The molecule has 0 saturated carbocycles. The maximum atomic E-state index is 12.2. The lowest BCUT2D eigenvalue weighted by molar-refractivity contribution is -0.137. The summed E-state index contributed by atoms with van der Waals surface area (Å²) in [7, 11) is 0. The molecule has 2 N–H and O–H groups in total. The molecule has 0 radical (unpaired) electrons. The van der Waals surface area contributed by atoms with Gasteiger partial charge in [-0.05, 0) is 46.2 Å². The minimum Gasteiger partial charge on any atom is -0.481 e. The van der Waals surface area contributed by atoms with Crippen LogP contribution in [0.1, 0.15) is 44.9 Å². The number of carbonyl (C=O) groups excluding carboxylic acids is 1. The van der Waals surface area contributed by atoms with E-state index in [1.165, 1.54) is 0 Å². The van der Waals surface area contributed by atoms with Gasteiger partial charge < -0.3 is 15.4 Å². The second kappa shape index (κ2) is 7.29. The number of hydrogen-bond donors (Lipinski definition) is 1. The number of carbonyl (C=O) groups is 1. The summed E-state index contributed by atoms with van der Waals surface area (Å²) in [6.07, 6.45) is -0.505. The summed E-state index contributed by atoms with van der Waals surface area (Å²) in [6, 6.07) is 5.78. The second-order valence-corrected chi connectivity index (χ2v) is 5.10. The average Bonchev–Trinajstić information content (AvgIpc) is 2.39. The highest BCUT2D eigenvalue weighted by molar-refractivity contribution is 5.80. The van der Waals surface area contributed by atoms with Gasteiger partial charge in [-0.25, -0.2) is 0 Å². The summed E-state index contributed by atoms with van der Waals surface area (Å²) in [6.45, 7) is 11.0. The van der Waals surface area contributed by atoms with Gasteiger partial charge in [0, 0.05) is 24.7 Å². The molecule has 0 aromatic heterocycles. The summed E-state index contributed by atoms with van der Waals surface area (Å²) >= 11 is 0. The summed E-state index contributed by atoms with van der Waals surface area (Å²) in [5, 5.41) is 0. The average molecular weight is 278 g/mol. The van der Waals surface area contributed by atoms with E-state index in [1.54, 1.807) is 11.8 Å². The van der Waals surface area contributed by atoms with Crippen LogP contribution in [-0.4, -0.2) is 30.0 Å². The van der Waals surface area contributed by atoms with Gasteiger partial charge in [0.2, 0.25) is 0 Å². The molecule has 0 fully saturated rings. The Bertz CT molecular complexity index is 454. The van der Waals surface area contributed by atoms with Gasteiger partial charge in [-0.3, -0.25) is 4.79 Å². The van der Waals surface area contributed by atoms with Crippen LogP contribution < -0.4 is 10.5 Å². The minimum atomic E-state index is -0.505. The lowest BCUT2D eigenvalue weighted by atomic mass is 10.1. The number of benzene rings is 1. The number of aryl methyl sites for hydroxylation is 1. The van der Waals surface area contributed by atoms with E-state index in [0.29, 0.717) is 18.8 Å². The molecule has 0 bridgehead atoms. The van der Waals surface area contributed by atoms with Crippen molar-refractivity contribution in [3.05, 3.63) is 29.3 Å². The summed E-state index contributed by atoms with van der Waals surface area (Å²) in [5.41, 5.74) is 7.97. The van der Waals surface area contributed by atoms with Gasteiger partial charge in [-0.15, -0.1) is 0 Å². The van der Waals surface area contributed by atoms with Gasteiger partial charge in [0.1, 0.15) is 5.75 Å². The Kier molecular flexibility index (Phi) is 6.02. The lowest BCUT2D eigenvalue weighted by Crippen LogP contribution is -2.40. The number of nitrogens with two attached hydrogens (primary N) is 1. The van der Waals surface area contributed by atoms with Gasteiger partial charge in [0.25, 0.3) is 5.91 Å².